The minimum Gasteiger partial charge on any atom is -0.447 e. The quantitative estimate of drug-likeness (QED) is 0.562. The van der Waals surface area contributed by atoms with Crippen LogP contribution in [0.2, 0.25) is 0 Å². The van der Waals surface area contributed by atoms with Crippen LogP contribution in [0.15, 0.2) is 65.7 Å². The van der Waals surface area contributed by atoms with Gasteiger partial charge in [0, 0.05) is 18.7 Å². The number of aromatic nitrogens is 2. The predicted octanol–water partition coefficient (Wildman–Crippen LogP) is 1.92. The van der Waals surface area contributed by atoms with E-state index < -0.39 is 24.0 Å². The van der Waals surface area contributed by atoms with Gasteiger partial charge in [0.15, 0.2) is 0 Å². The Kier molecular flexibility index (Phi) is 7.10. The molecule has 160 valence electrons. The molecule has 3 amide bonds. The van der Waals surface area contributed by atoms with Crippen LogP contribution in [0, 0.1) is 0 Å². The average Bonchev–Trinajstić information content (AvgIpc) is 2.78. The molecule has 0 aliphatic rings. The van der Waals surface area contributed by atoms with Crippen LogP contribution in [-0.2, 0) is 20.9 Å². The third kappa shape index (κ3) is 5.53. The summed E-state index contributed by atoms with van der Waals surface area (Å²) in [6.07, 6.45) is -0.0886. The molecule has 1 unspecified atom stereocenters. The molecule has 0 bridgehead atoms. The van der Waals surface area contributed by atoms with Gasteiger partial charge in [-0.3, -0.25) is 24.3 Å². The van der Waals surface area contributed by atoms with Crippen molar-refractivity contribution in [3.63, 3.8) is 0 Å². The predicted molar refractivity (Wildman–Crippen MR) is 113 cm³/mol. The standard InChI is InChI=1S/C22H22N4O5/c1-2-23-22(30)25-20(28)19(15-8-4-3-5-9-15)31-18(27)12-13-26-14-24-17-11-7-6-10-16(17)21(26)29/h3-11,14,19H,2,12-13H2,1H3,(H2,23,25,28,30). The van der Waals surface area contributed by atoms with E-state index in [4.69, 9.17) is 4.74 Å². The molecular weight excluding hydrogens is 400 g/mol. The van der Waals surface area contributed by atoms with Gasteiger partial charge in [-0.1, -0.05) is 42.5 Å². The van der Waals surface area contributed by atoms with Gasteiger partial charge in [0.1, 0.15) is 0 Å². The van der Waals surface area contributed by atoms with Crippen molar-refractivity contribution in [2.24, 2.45) is 0 Å². The van der Waals surface area contributed by atoms with E-state index in [0.717, 1.165) is 0 Å². The molecule has 0 saturated carbocycles. The number of urea groups is 1. The van der Waals surface area contributed by atoms with Gasteiger partial charge >= 0.3 is 12.0 Å². The smallest absolute Gasteiger partial charge is 0.321 e. The molecule has 0 saturated heterocycles. The molecule has 0 radical (unpaired) electrons. The Morgan fingerprint density at radius 1 is 1.06 bits per heavy atom. The van der Waals surface area contributed by atoms with Crippen molar-refractivity contribution in [2.45, 2.75) is 26.0 Å². The monoisotopic (exact) mass is 422 g/mol. The van der Waals surface area contributed by atoms with Crippen molar-refractivity contribution >= 4 is 28.8 Å². The molecule has 0 aliphatic carbocycles. The number of nitrogens with zero attached hydrogens (tertiary/aromatic N) is 2. The molecule has 9 nitrogen and oxygen atoms in total. The number of nitrogens with one attached hydrogen (secondary N) is 2. The van der Waals surface area contributed by atoms with Gasteiger partial charge in [0.2, 0.25) is 6.10 Å². The van der Waals surface area contributed by atoms with E-state index in [2.05, 4.69) is 15.6 Å². The van der Waals surface area contributed by atoms with Crippen molar-refractivity contribution in [1.82, 2.24) is 20.2 Å². The molecule has 3 rings (SSSR count). The lowest BCUT2D eigenvalue weighted by Crippen LogP contribution is -2.42. The summed E-state index contributed by atoms with van der Waals surface area (Å²) in [6.45, 7) is 2.08. The second kappa shape index (κ2) is 10.1. The van der Waals surface area contributed by atoms with Crippen molar-refractivity contribution in [2.75, 3.05) is 6.54 Å². The summed E-state index contributed by atoms with van der Waals surface area (Å²) in [5.41, 5.74) is 0.715. The number of hydrogen-bond donors (Lipinski definition) is 2. The number of fused-ring (bicyclic) bond motifs is 1. The highest BCUT2D eigenvalue weighted by Gasteiger charge is 2.26. The molecule has 2 N–H and O–H groups in total. The number of ether oxygens (including phenoxy) is 1. The van der Waals surface area contributed by atoms with E-state index in [1.54, 1.807) is 61.5 Å². The summed E-state index contributed by atoms with van der Waals surface area (Å²) in [5.74, 6) is -1.46. The lowest BCUT2D eigenvalue weighted by atomic mass is 10.1. The molecule has 1 heterocycles. The molecule has 3 aromatic rings. The van der Waals surface area contributed by atoms with Gasteiger partial charge in [-0.15, -0.1) is 0 Å². The Morgan fingerprint density at radius 2 is 1.77 bits per heavy atom. The Balaban J connectivity index is 1.70. The maximum Gasteiger partial charge on any atom is 0.321 e. The largest absolute Gasteiger partial charge is 0.447 e. The number of imide groups is 1. The van der Waals surface area contributed by atoms with E-state index in [0.29, 0.717) is 23.0 Å². The second-order valence-corrected chi connectivity index (χ2v) is 6.64. The fourth-order valence-electron chi connectivity index (χ4n) is 2.95. The van der Waals surface area contributed by atoms with E-state index in [9.17, 15) is 19.2 Å². The average molecular weight is 422 g/mol. The fraction of sp³-hybridized carbons (Fsp3) is 0.227. The summed E-state index contributed by atoms with van der Waals surface area (Å²) in [7, 11) is 0. The van der Waals surface area contributed by atoms with E-state index >= 15 is 0 Å². The third-order valence-electron chi connectivity index (χ3n) is 4.45. The topological polar surface area (TPSA) is 119 Å². The number of amides is 3. The zero-order chi connectivity index (χ0) is 22.2. The molecule has 9 heteroatoms. The number of benzene rings is 2. The normalized spacial score (nSPS) is 11.5. The van der Waals surface area contributed by atoms with Gasteiger partial charge in [0.05, 0.1) is 23.7 Å². The Hall–Kier alpha value is -4.01. The lowest BCUT2D eigenvalue weighted by Gasteiger charge is -2.18. The molecule has 0 spiro atoms. The summed E-state index contributed by atoms with van der Waals surface area (Å²) in [4.78, 5) is 53.4. The van der Waals surface area contributed by atoms with Crippen LogP contribution >= 0.6 is 0 Å². The first-order valence-corrected chi connectivity index (χ1v) is 9.77. The zero-order valence-corrected chi connectivity index (χ0v) is 16.9. The first-order chi connectivity index (χ1) is 15.0. The molecule has 2 aromatic carbocycles. The van der Waals surface area contributed by atoms with E-state index in [1.165, 1.54) is 10.9 Å². The number of carbonyl (C=O) groups excluding carboxylic acids is 3. The first kappa shape index (κ1) is 21.7. The highest BCUT2D eigenvalue weighted by Crippen LogP contribution is 2.18. The molecule has 1 aromatic heterocycles. The highest BCUT2D eigenvalue weighted by atomic mass is 16.5. The maximum atomic E-state index is 12.5. The number of esters is 1. The SMILES string of the molecule is CCNC(=O)NC(=O)C(OC(=O)CCn1cnc2ccccc2c1=O)c1ccccc1. The van der Waals surface area contributed by atoms with Crippen LogP contribution in [0.4, 0.5) is 4.79 Å². The van der Waals surface area contributed by atoms with Gasteiger partial charge in [-0.05, 0) is 19.1 Å². The van der Waals surface area contributed by atoms with Crippen LogP contribution in [0.25, 0.3) is 10.9 Å². The summed E-state index contributed by atoms with van der Waals surface area (Å²) in [5, 5.41) is 5.05. The van der Waals surface area contributed by atoms with E-state index in [-0.39, 0.29) is 18.5 Å². The van der Waals surface area contributed by atoms with Crippen LogP contribution in [-0.4, -0.2) is 34.0 Å². The Labute approximate surface area is 178 Å². The van der Waals surface area contributed by atoms with Crippen molar-refractivity contribution in [3.05, 3.63) is 76.8 Å². The van der Waals surface area contributed by atoms with Gasteiger partial charge < -0.3 is 10.1 Å². The first-order valence-electron chi connectivity index (χ1n) is 9.77. The van der Waals surface area contributed by atoms with Crippen LogP contribution in [0.1, 0.15) is 25.0 Å². The van der Waals surface area contributed by atoms with Gasteiger partial charge in [0.25, 0.3) is 11.5 Å². The second-order valence-electron chi connectivity index (χ2n) is 6.64. The zero-order valence-electron chi connectivity index (χ0n) is 16.9. The van der Waals surface area contributed by atoms with Gasteiger partial charge in [-0.25, -0.2) is 9.78 Å². The fourth-order valence-corrected chi connectivity index (χ4v) is 2.95. The minimum atomic E-state index is -1.30. The maximum absolute atomic E-state index is 12.5. The molecule has 31 heavy (non-hydrogen) atoms. The van der Waals surface area contributed by atoms with Gasteiger partial charge in [-0.2, -0.15) is 0 Å². The number of hydrogen-bond acceptors (Lipinski definition) is 6. The third-order valence-corrected chi connectivity index (χ3v) is 4.45. The van der Waals surface area contributed by atoms with Crippen LogP contribution in [0.5, 0.6) is 0 Å². The number of aryl methyl sites for hydroxylation is 1. The number of rotatable bonds is 7. The van der Waals surface area contributed by atoms with Crippen LogP contribution < -0.4 is 16.2 Å². The van der Waals surface area contributed by atoms with E-state index in [1.807, 2.05) is 0 Å². The summed E-state index contributed by atoms with van der Waals surface area (Å²) < 4.78 is 6.68. The molecule has 0 fully saturated rings. The lowest BCUT2D eigenvalue weighted by molar-refractivity contribution is -0.156. The van der Waals surface area contributed by atoms with Crippen molar-refractivity contribution in [1.29, 1.82) is 0 Å². The van der Waals surface area contributed by atoms with Crippen molar-refractivity contribution in [3.8, 4) is 0 Å². The Bertz CT molecular complexity index is 1140. The summed E-state index contributed by atoms with van der Waals surface area (Å²) in [6, 6.07) is 14.6. The number of carbonyl (C=O) groups is 3. The highest BCUT2D eigenvalue weighted by molar-refractivity contribution is 5.97. The van der Waals surface area contributed by atoms with Crippen molar-refractivity contribution < 1.29 is 19.1 Å². The summed E-state index contributed by atoms with van der Waals surface area (Å²) >= 11 is 0. The Morgan fingerprint density at radius 3 is 2.52 bits per heavy atom. The van der Waals surface area contributed by atoms with Crippen LogP contribution in [0.3, 0.4) is 0 Å². The minimum absolute atomic E-state index is 0.0367. The molecular formula is C22H22N4O5. The molecule has 1 atom stereocenters. The molecule has 0 aliphatic heterocycles. The number of para-hydroxylation sites is 1.